The summed E-state index contributed by atoms with van der Waals surface area (Å²) < 4.78 is 0. The fourth-order valence-corrected chi connectivity index (χ4v) is 4.30. The Balaban J connectivity index is 1.68. The van der Waals surface area contributed by atoms with Crippen LogP contribution in [-0.4, -0.2) is 16.9 Å². The quantitative estimate of drug-likeness (QED) is 0.869. The lowest BCUT2D eigenvalue weighted by Gasteiger charge is -2.29. The van der Waals surface area contributed by atoms with Crippen LogP contribution in [0.4, 0.5) is 17.1 Å². The maximum atomic E-state index is 12.2. The molecule has 6 nitrogen and oxygen atoms in total. The van der Waals surface area contributed by atoms with Crippen molar-refractivity contribution in [1.29, 1.82) is 0 Å². The summed E-state index contributed by atoms with van der Waals surface area (Å²) in [4.78, 5) is 41.6. The van der Waals surface area contributed by atoms with Crippen molar-refractivity contribution >= 4 is 23.0 Å². The van der Waals surface area contributed by atoms with Gasteiger partial charge in [-0.2, -0.15) is 0 Å². The summed E-state index contributed by atoms with van der Waals surface area (Å²) in [6, 6.07) is 3.54. The first-order valence-electron chi connectivity index (χ1n) is 8.37. The molecular formula is C18H19N3O3. The van der Waals surface area contributed by atoms with Crippen molar-refractivity contribution in [3.63, 3.8) is 0 Å². The number of hydrogen-bond donors (Lipinski definition) is 1. The third kappa shape index (κ3) is 2.25. The first-order chi connectivity index (χ1) is 11.6. The third-order valence-electron chi connectivity index (χ3n) is 5.41. The minimum absolute atomic E-state index is 0.168. The Kier molecular flexibility index (Phi) is 3.48. The summed E-state index contributed by atoms with van der Waals surface area (Å²) in [5, 5.41) is 3.28. The molecule has 2 aliphatic carbocycles. The number of carbonyl (C=O) groups is 1. The van der Waals surface area contributed by atoms with Gasteiger partial charge in [-0.3, -0.25) is 24.3 Å². The van der Waals surface area contributed by atoms with Gasteiger partial charge < -0.3 is 5.32 Å². The van der Waals surface area contributed by atoms with E-state index < -0.39 is 10.9 Å². The van der Waals surface area contributed by atoms with E-state index in [0.29, 0.717) is 17.3 Å². The van der Waals surface area contributed by atoms with Gasteiger partial charge in [0, 0.05) is 25.4 Å². The number of fused-ring (bicyclic) bond motifs is 2. The molecule has 0 spiro atoms. The van der Waals surface area contributed by atoms with Gasteiger partial charge in [0.05, 0.1) is 5.69 Å². The van der Waals surface area contributed by atoms with Crippen molar-refractivity contribution < 1.29 is 4.79 Å². The highest BCUT2D eigenvalue weighted by Gasteiger charge is 2.41. The van der Waals surface area contributed by atoms with Gasteiger partial charge >= 0.3 is 0 Å². The number of nitrogens with one attached hydrogen (secondary N) is 1. The lowest BCUT2D eigenvalue weighted by molar-refractivity contribution is -0.115. The number of rotatable bonds is 4. The molecule has 2 fully saturated rings. The minimum atomic E-state index is -0.604. The number of amides is 1. The van der Waals surface area contributed by atoms with Gasteiger partial charge in [-0.25, -0.2) is 0 Å². The predicted molar refractivity (Wildman–Crippen MR) is 91.3 cm³/mol. The number of aromatic nitrogens is 1. The fourth-order valence-electron chi connectivity index (χ4n) is 4.30. The molecule has 2 aliphatic rings. The maximum absolute atomic E-state index is 12.2. The van der Waals surface area contributed by atoms with Crippen LogP contribution in [0.3, 0.4) is 0 Å². The lowest BCUT2D eigenvalue weighted by atomic mass is 9.94. The van der Waals surface area contributed by atoms with Crippen molar-refractivity contribution in [1.82, 2.24) is 4.98 Å². The number of hydrogen-bond acceptors (Lipinski definition) is 5. The molecule has 124 valence electrons. The highest BCUT2D eigenvalue weighted by molar-refractivity contribution is 6.03. The Morgan fingerprint density at radius 2 is 1.92 bits per heavy atom. The molecule has 1 heterocycles. The SMILES string of the molecule is CC(=O)N(c1ccncc1)c1c(NC2CC3CCC2C3)c(=O)c1=O. The molecule has 0 saturated heterocycles. The van der Waals surface area contributed by atoms with Crippen LogP contribution in [0.1, 0.15) is 32.6 Å². The Morgan fingerprint density at radius 3 is 2.50 bits per heavy atom. The molecule has 3 atom stereocenters. The zero-order valence-corrected chi connectivity index (χ0v) is 13.5. The molecule has 2 aromatic rings. The normalized spacial score (nSPS) is 25.1. The molecular weight excluding hydrogens is 306 g/mol. The van der Waals surface area contributed by atoms with Gasteiger partial charge in [0.1, 0.15) is 11.4 Å². The topological polar surface area (TPSA) is 79.4 Å². The van der Waals surface area contributed by atoms with Crippen molar-refractivity contribution in [2.75, 3.05) is 10.2 Å². The summed E-state index contributed by atoms with van der Waals surface area (Å²) in [5.74, 6) is 0.995. The second kappa shape index (κ2) is 5.54. The second-order valence-corrected chi connectivity index (χ2v) is 6.87. The standard InChI is InChI=1S/C18H19N3O3/c1-10(22)21(13-4-6-19-7-5-13)16-15(17(23)18(16)24)20-14-9-11-2-3-12(14)8-11/h4-7,11-12,14,20H,2-3,8-9H2,1H3. The van der Waals surface area contributed by atoms with Gasteiger partial charge in [0.15, 0.2) is 0 Å². The van der Waals surface area contributed by atoms with E-state index in [1.165, 1.54) is 31.1 Å². The van der Waals surface area contributed by atoms with Crippen LogP contribution < -0.4 is 21.1 Å². The lowest BCUT2D eigenvalue weighted by Crippen LogP contribution is -2.44. The summed E-state index contributed by atoms with van der Waals surface area (Å²) in [6.07, 6.45) is 7.78. The molecule has 2 bridgehead atoms. The Labute approximate surface area is 139 Å². The van der Waals surface area contributed by atoms with E-state index in [-0.39, 0.29) is 17.6 Å². The smallest absolute Gasteiger partial charge is 0.254 e. The van der Waals surface area contributed by atoms with Crippen LogP contribution in [0.5, 0.6) is 0 Å². The van der Waals surface area contributed by atoms with E-state index in [0.717, 1.165) is 12.3 Å². The van der Waals surface area contributed by atoms with E-state index in [4.69, 9.17) is 0 Å². The number of carbonyl (C=O) groups excluding carboxylic acids is 1. The van der Waals surface area contributed by atoms with E-state index in [1.54, 1.807) is 24.5 Å². The molecule has 1 amide bonds. The summed E-state index contributed by atoms with van der Waals surface area (Å²) in [5.41, 5.74) is -0.118. The molecule has 2 saturated carbocycles. The van der Waals surface area contributed by atoms with E-state index in [1.807, 2.05) is 0 Å². The Hall–Kier alpha value is -2.50. The molecule has 1 aromatic carbocycles. The van der Waals surface area contributed by atoms with Crippen LogP contribution in [-0.2, 0) is 4.79 Å². The first kappa shape index (κ1) is 15.1. The van der Waals surface area contributed by atoms with Crippen LogP contribution in [0.25, 0.3) is 0 Å². The molecule has 3 unspecified atom stereocenters. The summed E-state index contributed by atoms with van der Waals surface area (Å²) in [6.45, 7) is 1.39. The van der Waals surface area contributed by atoms with Crippen molar-refractivity contribution in [2.45, 2.75) is 38.6 Å². The number of nitrogens with zero attached hydrogens (tertiary/aromatic N) is 2. The zero-order valence-electron chi connectivity index (χ0n) is 13.5. The largest absolute Gasteiger partial charge is 0.377 e. The zero-order chi connectivity index (χ0) is 16.8. The third-order valence-corrected chi connectivity index (χ3v) is 5.41. The van der Waals surface area contributed by atoms with Crippen LogP contribution in [0, 0.1) is 11.8 Å². The van der Waals surface area contributed by atoms with Gasteiger partial charge in [-0.15, -0.1) is 0 Å². The average molecular weight is 325 g/mol. The fraction of sp³-hybridized carbons (Fsp3) is 0.444. The molecule has 24 heavy (non-hydrogen) atoms. The van der Waals surface area contributed by atoms with Crippen molar-refractivity contribution in [3.05, 3.63) is 45.0 Å². The average Bonchev–Trinajstić information content (AvgIpc) is 3.21. The molecule has 0 radical (unpaired) electrons. The molecule has 6 heteroatoms. The van der Waals surface area contributed by atoms with Gasteiger partial charge in [0.2, 0.25) is 5.91 Å². The van der Waals surface area contributed by atoms with E-state index in [2.05, 4.69) is 10.3 Å². The minimum Gasteiger partial charge on any atom is -0.377 e. The summed E-state index contributed by atoms with van der Waals surface area (Å²) >= 11 is 0. The van der Waals surface area contributed by atoms with Crippen LogP contribution in [0.15, 0.2) is 34.1 Å². The van der Waals surface area contributed by atoms with Crippen LogP contribution >= 0.6 is 0 Å². The molecule has 1 aromatic heterocycles. The monoisotopic (exact) mass is 325 g/mol. The van der Waals surface area contributed by atoms with Gasteiger partial charge in [-0.05, 0) is 43.2 Å². The predicted octanol–water partition coefficient (Wildman–Crippen LogP) is 1.96. The molecule has 0 aliphatic heterocycles. The Bertz CT molecular complexity index is 854. The van der Waals surface area contributed by atoms with E-state index >= 15 is 0 Å². The molecule has 4 rings (SSSR count). The maximum Gasteiger partial charge on any atom is 0.254 e. The van der Waals surface area contributed by atoms with Gasteiger partial charge in [-0.1, -0.05) is 6.42 Å². The highest BCUT2D eigenvalue weighted by Crippen LogP contribution is 2.46. The number of anilines is 3. The van der Waals surface area contributed by atoms with Crippen molar-refractivity contribution in [3.8, 4) is 0 Å². The Morgan fingerprint density at radius 1 is 1.17 bits per heavy atom. The summed E-state index contributed by atoms with van der Waals surface area (Å²) in [7, 11) is 0. The first-order valence-corrected chi connectivity index (χ1v) is 8.37. The highest BCUT2D eigenvalue weighted by atomic mass is 16.2. The van der Waals surface area contributed by atoms with E-state index in [9.17, 15) is 14.4 Å². The van der Waals surface area contributed by atoms with Crippen molar-refractivity contribution in [2.24, 2.45) is 11.8 Å². The number of pyridine rings is 1. The second-order valence-electron chi connectivity index (χ2n) is 6.87. The van der Waals surface area contributed by atoms with Crippen LogP contribution in [0.2, 0.25) is 0 Å². The molecule has 1 N–H and O–H groups in total. The van der Waals surface area contributed by atoms with Gasteiger partial charge in [0.25, 0.3) is 10.9 Å².